The molecule has 2 atom stereocenters. The minimum absolute atomic E-state index is 0.334. The van der Waals surface area contributed by atoms with Crippen LogP contribution in [-0.2, 0) is 18.2 Å². The number of imidazole rings is 1. The highest BCUT2D eigenvalue weighted by molar-refractivity contribution is 4.94. The lowest BCUT2D eigenvalue weighted by Crippen LogP contribution is -2.44. The number of ether oxygens (including phenoxy) is 1. The normalized spacial score (nSPS) is 19.9. The summed E-state index contributed by atoms with van der Waals surface area (Å²) in [6, 6.07) is 0.416. The Kier molecular flexibility index (Phi) is 6.05. The third-order valence-electron chi connectivity index (χ3n) is 4.75. The van der Waals surface area contributed by atoms with Gasteiger partial charge in [0.2, 0.25) is 0 Å². The summed E-state index contributed by atoms with van der Waals surface area (Å²) in [6.45, 7) is 0. The highest BCUT2D eigenvalue weighted by Crippen LogP contribution is 2.30. The lowest BCUT2D eigenvalue weighted by molar-refractivity contribution is 0.00793. The summed E-state index contributed by atoms with van der Waals surface area (Å²) in [5.74, 6) is 1.87. The van der Waals surface area contributed by atoms with Crippen molar-refractivity contribution >= 4 is 0 Å². The molecule has 1 saturated carbocycles. The number of aryl methyl sites for hydroxylation is 2. The Morgan fingerprint density at radius 3 is 2.70 bits per heavy atom. The van der Waals surface area contributed by atoms with E-state index in [-0.39, 0.29) is 0 Å². The van der Waals surface area contributed by atoms with Gasteiger partial charge >= 0.3 is 0 Å². The fourth-order valence-corrected chi connectivity index (χ4v) is 3.54. The second-order valence-electron chi connectivity index (χ2n) is 5.99. The minimum atomic E-state index is 0.334. The van der Waals surface area contributed by atoms with Crippen molar-refractivity contribution in [3.63, 3.8) is 0 Å². The van der Waals surface area contributed by atoms with Crippen molar-refractivity contribution in [2.45, 2.75) is 57.1 Å². The van der Waals surface area contributed by atoms with Gasteiger partial charge in [-0.2, -0.15) is 0 Å². The van der Waals surface area contributed by atoms with Crippen LogP contribution in [0.25, 0.3) is 0 Å². The monoisotopic (exact) mass is 279 g/mol. The number of nitrogens with zero attached hydrogens (tertiary/aromatic N) is 2. The first kappa shape index (κ1) is 15.5. The van der Waals surface area contributed by atoms with Crippen LogP contribution in [0.2, 0.25) is 0 Å². The van der Waals surface area contributed by atoms with Crippen molar-refractivity contribution in [2.75, 3.05) is 14.2 Å². The van der Waals surface area contributed by atoms with E-state index in [2.05, 4.69) is 29.0 Å². The molecule has 2 unspecified atom stereocenters. The van der Waals surface area contributed by atoms with Gasteiger partial charge in [0.25, 0.3) is 0 Å². The van der Waals surface area contributed by atoms with Gasteiger partial charge in [-0.25, -0.2) is 4.98 Å². The Bertz CT molecular complexity index is 385. The zero-order valence-corrected chi connectivity index (χ0v) is 13.1. The highest BCUT2D eigenvalue weighted by Gasteiger charge is 2.29. The van der Waals surface area contributed by atoms with Gasteiger partial charge in [-0.3, -0.25) is 0 Å². The van der Waals surface area contributed by atoms with E-state index in [9.17, 15) is 0 Å². The van der Waals surface area contributed by atoms with Crippen LogP contribution in [-0.4, -0.2) is 35.9 Å². The molecular formula is C16H29N3O. The van der Waals surface area contributed by atoms with Gasteiger partial charge in [0.15, 0.2) is 0 Å². The van der Waals surface area contributed by atoms with Crippen molar-refractivity contribution in [2.24, 2.45) is 13.0 Å². The summed E-state index contributed by atoms with van der Waals surface area (Å²) in [5.41, 5.74) is 0. The molecule has 2 rings (SSSR count). The topological polar surface area (TPSA) is 39.1 Å². The van der Waals surface area contributed by atoms with Crippen molar-refractivity contribution in [3.8, 4) is 0 Å². The Hall–Kier alpha value is -0.870. The van der Waals surface area contributed by atoms with Crippen LogP contribution in [0.5, 0.6) is 0 Å². The predicted molar refractivity (Wildman–Crippen MR) is 81.7 cm³/mol. The summed E-state index contributed by atoms with van der Waals surface area (Å²) < 4.78 is 7.96. The number of hydrogen-bond donors (Lipinski definition) is 1. The van der Waals surface area contributed by atoms with Crippen molar-refractivity contribution in [1.29, 1.82) is 0 Å². The second-order valence-corrected chi connectivity index (χ2v) is 5.99. The molecule has 4 nitrogen and oxygen atoms in total. The summed E-state index contributed by atoms with van der Waals surface area (Å²) in [6.07, 6.45) is 13.1. The Morgan fingerprint density at radius 1 is 1.40 bits per heavy atom. The zero-order valence-electron chi connectivity index (χ0n) is 13.1. The minimum Gasteiger partial charge on any atom is -0.380 e. The standard InChI is InChI=1S/C16H29N3O/c1-17-14(9-10-15-18-11-12-19(15)2)16(20-3)13-7-5-4-6-8-13/h11-14,16-17H,4-10H2,1-3H3. The van der Waals surface area contributed by atoms with E-state index in [0.717, 1.165) is 18.7 Å². The molecule has 0 saturated heterocycles. The maximum absolute atomic E-state index is 5.85. The van der Waals surface area contributed by atoms with Crippen LogP contribution >= 0.6 is 0 Å². The summed E-state index contributed by atoms with van der Waals surface area (Å²) in [5, 5.41) is 3.47. The van der Waals surface area contributed by atoms with E-state index in [0.29, 0.717) is 18.1 Å². The van der Waals surface area contributed by atoms with Crippen LogP contribution in [0.4, 0.5) is 0 Å². The fourth-order valence-electron chi connectivity index (χ4n) is 3.54. The summed E-state index contributed by atoms with van der Waals surface area (Å²) in [4.78, 5) is 4.41. The lowest BCUT2D eigenvalue weighted by Gasteiger charge is -2.34. The van der Waals surface area contributed by atoms with E-state index in [1.807, 2.05) is 19.5 Å². The average molecular weight is 279 g/mol. The Balaban J connectivity index is 1.92. The molecule has 1 N–H and O–H groups in total. The largest absolute Gasteiger partial charge is 0.380 e. The van der Waals surface area contributed by atoms with E-state index in [1.165, 1.54) is 32.1 Å². The molecule has 0 amide bonds. The quantitative estimate of drug-likeness (QED) is 0.833. The van der Waals surface area contributed by atoms with E-state index < -0.39 is 0 Å². The SMILES string of the molecule is CNC(CCc1nccn1C)C(OC)C1CCCCC1. The smallest absolute Gasteiger partial charge is 0.108 e. The van der Waals surface area contributed by atoms with Crippen molar-refractivity contribution in [1.82, 2.24) is 14.9 Å². The molecule has 0 aromatic carbocycles. The third kappa shape index (κ3) is 3.83. The average Bonchev–Trinajstić information content (AvgIpc) is 2.90. The molecule has 0 radical (unpaired) electrons. The van der Waals surface area contributed by atoms with Crippen molar-refractivity contribution < 1.29 is 4.74 Å². The lowest BCUT2D eigenvalue weighted by atomic mass is 9.81. The molecule has 1 aliphatic carbocycles. The second kappa shape index (κ2) is 7.79. The number of hydrogen-bond acceptors (Lipinski definition) is 3. The maximum atomic E-state index is 5.85. The van der Waals surface area contributed by atoms with Crippen molar-refractivity contribution in [3.05, 3.63) is 18.2 Å². The molecule has 1 aromatic rings. The molecule has 4 heteroatoms. The third-order valence-corrected chi connectivity index (χ3v) is 4.75. The predicted octanol–water partition coefficient (Wildman–Crippen LogP) is 2.54. The summed E-state index contributed by atoms with van der Waals surface area (Å²) >= 11 is 0. The molecular weight excluding hydrogens is 250 g/mol. The molecule has 0 bridgehead atoms. The first-order chi connectivity index (χ1) is 9.76. The van der Waals surface area contributed by atoms with Gasteiger partial charge in [-0.15, -0.1) is 0 Å². The number of nitrogens with one attached hydrogen (secondary N) is 1. The first-order valence-electron chi connectivity index (χ1n) is 7.92. The number of rotatable bonds is 7. The Morgan fingerprint density at radius 2 is 2.15 bits per heavy atom. The first-order valence-corrected chi connectivity index (χ1v) is 7.92. The molecule has 1 aromatic heterocycles. The zero-order chi connectivity index (χ0) is 14.4. The highest BCUT2D eigenvalue weighted by atomic mass is 16.5. The number of likely N-dealkylation sites (N-methyl/N-ethyl adjacent to an activating group) is 1. The van der Waals surface area contributed by atoms with E-state index in [4.69, 9.17) is 4.74 Å². The molecule has 1 fully saturated rings. The number of aromatic nitrogens is 2. The molecule has 1 heterocycles. The van der Waals surface area contributed by atoms with Gasteiger partial charge in [0.1, 0.15) is 5.82 Å². The number of methoxy groups -OCH3 is 1. The van der Waals surface area contributed by atoms with Gasteiger partial charge in [-0.05, 0) is 32.2 Å². The van der Waals surface area contributed by atoms with Gasteiger partial charge in [-0.1, -0.05) is 19.3 Å². The van der Waals surface area contributed by atoms with Gasteiger partial charge < -0.3 is 14.6 Å². The van der Waals surface area contributed by atoms with Crippen LogP contribution in [0.15, 0.2) is 12.4 Å². The molecule has 0 spiro atoms. The fraction of sp³-hybridized carbons (Fsp3) is 0.812. The van der Waals surface area contributed by atoms with Crippen LogP contribution in [0.1, 0.15) is 44.3 Å². The van der Waals surface area contributed by atoms with E-state index in [1.54, 1.807) is 0 Å². The molecule has 20 heavy (non-hydrogen) atoms. The maximum Gasteiger partial charge on any atom is 0.108 e. The van der Waals surface area contributed by atoms with Crippen LogP contribution in [0.3, 0.4) is 0 Å². The van der Waals surface area contributed by atoms with Gasteiger partial charge in [0.05, 0.1) is 6.10 Å². The molecule has 1 aliphatic rings. The van der Waals surface area contributed by atoms with E-state index >= 15 is 0 Å². The Labute approximate surface area is 122 Å². The van der Waals surface area contributed by atoms with Crippen LogP contribution in [0, 0.1) is 5.92 Å². The molecule has 0 aliphatic heterocycles. The van der Waals surface area contributed by atoms with Gasteiger partial charge in [0, 0.05) is 39.0 Å². The van der Waals surface area contributed by atoms with Crippen LogP contribution < -0.4 is 5.32 Å². The summed E-state index contributed by atoms with van der Waals surface area (Å²) in [7, 11) is 5.98. The molecule has 114 valence electrons.